The molecule has 372 valence electrons. The van der Waals surface area contributed by atoms with Crippen LogP contribution in [0.25, 0.3) is 43.4 Å². The number of ketones is 1. The molecule has 0 saturated carbocycles. The molecule has 3 atom stereocenters. The minimum absolute atomic E-state index is 0.00102. The molecule has 14 nitrogen and oxygen atoms in total. The number of ether oxygens (including phenoxy) is 4. The fraction of sp³-hybridized carbons (Fsp3) is 0.393. The van der Waals surface area contributed by atoms with Crippen molar-refractivity contribution in [3.63, 3.8) is 0 Å². The van der Waals surface area contributed by atoms with Crippen LogP contribution in [0.2, 0.25) is 0 Å². The van der Waals surface area contributed by atoms with Gasteiger partial charge in [-0.15, -0.1) is 11.3 Å². The summed E-state index contributed by atoms with van der Waals surface area (Å²) in [5.41, 5.74) is 15.9. The number of benzene rings is 4. The van der Waals surface area contributed by atoms with E-state index in [9.17, 15) is 19.2 Å². The molecule has 2 amide bonds. The van der Waals surface area contributed by atoms with Crippen LogP contribution in [0.3, 0.4) is 0 Å². The molecule has 3 aromatic heterocycles. The van der Waals surface area contributed by atoms with Crippen LogP contribution in [0.15, 0.2) is 95.0 Å². The largest absolute Gasteiger partial charge is 0.491 e. The maximum absolute atomic E-state index is 14.2. The number of aryl methyl sites for hydroxylation is 3. The summed E-state index contributed by atoms with van der Waals surface area (Å²) >= 11 is 1.58. The lowest BCUT2D eigenvalue weighted by Gasteiger charge is -2.34. The van der Waals surface area contributed by atoms with Crippen LogP contribution in [0.1, 0.15) is 85.6 Å². The highest BCUT2D eigenvalue weighted by Crippen LogP contribution is 2.40. The second kappa shape index (κ2) is 22.2. The number of nitrogens with zero attached hydrogens (tertiary/aromatic N) is 4. The third-order valence-corrected chi connectivity index (χ3v) is 14.2. The normalized spacial score (nSPS) is 15.4. The van der Waals surface area contributed by atoms with Gasteiger partial charge in [0.2, 0.25) is 11.8 Å². The summed E-state index contributed by atoms with van der Waals surface area (Å²) in [6.45, 7) is 15.8. The van der Waals surface area contributed by atoms with E-state index >= 15 is 0 Å². The van der Waals surface area contributed by atoms with E-state index in [4.69, 9.17) is 29.2 Å². The molecule has 1 aliphatic rings. The molecular formula is C56H63N5O9S. The topological polar surface area (TPSA) is 178 Å². The van der Waals surface area contributed by atoms with Crippen LogP contribution in [-0.4, -0.2) is 88.8 Å². The Morgan fingerprint density at radius 2 is 1.62 bits per heavy atom. The number of Topliss-reactive ketones (excluding diaryl/α,β-unsaturated/α-hetero) is 1. The maximum atomic E-state index is 14.2. The first-order valence-corrected chi connectivity index (χ1v) is 25.1. The number of hydrogen-bond donors (Lipinski definition) is 1. The first kappa shape index (κ1) is 50.7. The maximum Gasteiger partial charge on any atom is 0.329 e. The number of hydrogen-bond acceptors (Lipinski definition) is 12. The molecule has 4 heterocycles. The number of nitrogens with two attached hydrogens (primary N) is 1. The van der Waals surface area contributed by atoms with Crippen molar-refractivity contribution in [2.24, 2.45) is 23.0 Å². The van der Waals surface area contributed by atoms with E-state index in [1.165, 1.54) is 0 Å². The zero-order chi connectivity index (χ0) is 50.4. The van der Waals surface area contributed by atoms with Crippen molar-refractivity contribution >= 4 is 56.7 Å². The molecule has 7 aromatic rings. The molecule has 0 bridgehead atoms. The zero-order valence-electron chi connectivity index (χ0n) is 41.6. The Labute approximate surface area is 418 Å². The van der Waals surface area contributed by atoms with Crippen molar-refractivity contribution in [2.45, 2.75) is 86.9 Å². The van der Waals surface area contributed by atoms with Gasteiger partial charge in [-0.05, 0) is 97.5 Å². The van der Waals surface area contributed by atoms with Crippen molar-refractivity contribution in [1.82, 2.24) is 19.6 Å². The zero-order valence-corrected chi connectivity index (χ0v) is 42.4. The van der Waals surface area contributed by atoms with Crippen LogP contribution in [0.4, 0.5) is 0 Å². The van der Waals surface area contributed by atoms with E-state index in [0.717, 1.165) is 65.9 Å². The van der Waals surface area contributed by atoms with E-state index < -0.39 is 29.3 Å². The SMILES string of the molecule is Cc1ncsc1-c1ccc(COC(=O)[C@@H]2C[C@@H](C)CN2C(=O)[C@@H](CC(=O)COCCCOCCOc2ccc3c(c2)c2c(C(N)=O)cc(-c4c(C)noc4C)cc2n3Cc2ccccc2)C(C)(C)C)cc1. The standard InChI is InChI=1S/C56H63N5O9S/c1-34-24-49(55(65)69-31-39-14-16-40(17-15-39)52-36(3)58-33-71-52)61(29-34)54(64)46(56(5,6)7)27-42(62)32-67-21-11-20-66-22-23-68-43-18-19-47-44(28-43)51-45(53(57)63)25-41(50-35(2)59-70-37(50)4)26-48(51)60(47)30-38-12-9-8-10-13-38/h8-10,12-19,25-26,28,33-34,46,49H,11,20-24,27,29-32H2,1-7H3,(H2,57,63)/t34-,46-,49+/m1/s1. The summed E-state index contributed by atoms with van der Waals surface area (Å²) in [6.07, 6.45) is 1.06. The average Bonchev–Trinajstić information content (AvgIpc) is 4.12. The van der Waals surface area contributed by atoms with Gasteiger partial charge in [0.15, 0.2) is 5.78 Å². The summed E-state index contributed by atoms with van der Waals surface area (Å²) < 4.78 is 31.2. The molecule has 1 fully saturated rings. The number of fused-ring (bicyclic) bond motifs is 3. The number of esters is 1. The quantitative estimate of drug-likeness (QED) is 0.0535. The third-order valence-electron chi connectivity index (χ3n) is 13.2. The molecule has 0 spiro atoms. The Hall–Kier alpha value is -6.68. The summed E-state index contributed by atoms with van der Waals surface area (Å²) in [5.74, 6) is -0.643. The molecule has 4 aromatic carbocycles. The number of primary amides is 1. The van der Waals surface area contributed by atoms with Gasteiger partial charge >= 0.3 is 5.97 Å². The summed E-state index contributed by atoms with van der Waals surface area (Å²) in [7, 11) is 0. The second-order valence-electron chi connectivity index (χ2n) is 19.7. The minimum atomic E-state index is -0.716. The number of rotatable bonds is 21. The smallest absolute Gasteiger partial charge is 0.329 e. The molecule has 0 unspecified atom stereocenters. The molecular weight excluding hydrogens is 919 g/mol. The molecule has 8 rings (SSSR count). The van der Waals surface area contributed by atoms with Crippen molar-refractivity contribution in [1.29, 1.82) is 0 Å². The van der Waals surface area contributed by atoms with Gasteiger partial charge in [-0.25, -0.2) is 9.78 Å². The molecule has 15 heteroatoms. The van der Waals surface area contributed by atoms with Gasteiger partial charge in [0, 0.05) is 66.1 Å². The fourth-order valence-electron chi connectivity index (χ4n) is 9.58. The third kappa shape index (κ3) is 11.8. The number of likely N-dealkylation sites (tertiary alicyclic amines) is 1. The van der Waals surface area contributed by atoms with Crippen LogP contribution >= 0.6 is 11.3 Å². The monoisotopic (exact) mass is 981 g/mol. The predicted octanol–water partition coefficient (Wildman–Crippen LogP) is 10.0. The van der Waals surface area contributed by atoms with E-state index in [2.05, 4.69) is 32.9 Å². The lowest BCUT2D eigenvalue weighted by molar-refractivity contribution is -0.157. The van der Waals surface area contributed by atoms with Gasteiger partial charge in [0.05, 0.1) is 33.9 Å². The van der Waals surface area contributed by atoms with E-state index in [-0.39, 0.29) is 43.8 Å². The number of carbonyl (C=O) groups excluding carboxylic acids is 4. The van der Waals surface area contributed by atoms with Gasteiger partial charge in [0.1, 0.15) is 37.4 Å². The molecule has 1 aliphatic heterocycles. The molecule has 0 radical (unpaired) electrons. The molecule has 0 aliphatic carbocycles. The van der Waals surface area contributed by atoms with Gasteiger partial charge in [-0.3, -0.25) is 14.4 Å². The van der Waals surface area contributed by atoms with Crippen LogP contribution in [-0.2, 0) is 41.7 Å². The van der Waals surface area contributed by atoms with E-state index in [0.29, 0.717) is 62.8 Å². The Kier molecular flexibility index (Phi) is 15.8. The summed E-state index contributed by atoms with van der Waals surface area (Å²) in [6, 6.07) is 27.0. The fourth-order valence-corrected chi connectivity index (χ4v) is 10.4. The summed E-state index contributed by atoms with van der Waals surface area (Å²) in [5, 5.41) is 5.72. The van der Waals surface area contributed by atoms with Crippen molar-refractivity contribution in [3.8, 4) is 27.3 Å². The highest BCUT2D eigenvalue weighted by molar-refractivity contribution is 7.13. The number of amides is 2. The van der Waals surface area contributed by atoms with Gasteiger partial charge < -0.3 is 38.7 Å². The van der Waals surface area contributed by atoms with E-state index in [1.807, 2.05) is 121 Å². The number of aromatic nitrogens is 3. The highest BCUT2D eigenvalue weighted by Gasteiger charge is 2.44. The molecule has 1 saturated heterocycles. The highest BCUT2D eigenvalue weighted by atomic mass is 32.1. The number of carbonyl (C=O) groups is 4. The van der Waals surface area contributed by atoms with Gasteiger partial charge in [-0.1, -0.05) is 87.4 Å². The van der Waals surface area contributed by atoms with Gasteiger partial charge in [-0.2, -0.15) is 0 Å². The predicted molar refractivity (Wildman–Crippen MR) is 274 cm³/mol. The minimum Gasteiger partial charge on any atom is -0.491 e. The van der Waals surface area contributed by atoms with Crippen LogP contribution < -0.4 is 10.5 Å². The van der Waals surface area contributed by atoms with Crippen LogP contribution in [0, 0.1) is 38.0 Å². The second-order valence-corrected chi connectivity index (χ2v) is 20.5. The lowest BCUT2D eigenvalue weighted by Crippen LogP contribution is -2.47. The average molecular weight is 982 g/mol. The van der Waals surface area contributed by atoms with Crippen molar-refractivity contribution < 1.29 is 42.6 Å². The number of thiazole rings is 1. The molecule has 71 heavy (non-hydrogen) atoms. The Morgan fingerprint density at radius 1 is 0.859 bits per heavy atom. The first-order chi connectivity index (χ1) is 34.1. The van der Waals surface area contributed by atoms with Crippen LogP contribution in [0.5, 0.6) is 5.75 Å². The summed E-state index contributed by atoms with van der Waals surface area (Å²) in [4.78, 5) is 61.1. The Balaban J connectivity index is 0.809. The molecule has 2 N–H and O–H groups in total. The van der Waals surface area contributed by atoms with Crippen molar-refractivity contribution in [3.05, 3.63) is 124 Å². The first-order valence-electron chi connectivity index (χ1n) is 24.2. The van der Waals surface area contributed by atoms with Gasteiger partial charge in [0.25, 0.3) is 0 Å². The lowest BCUT2D eigenvalue weighted by atomic mass is 9.77. The Morgan fingerprint density at radius 3 is 2.31 bits per heavy atom. The Bertz CT molecular complexity index is 3000. The van der Waals surface area contributed by atoms with Crippen molar-refractivity contribution in [2.75, 3.05) is 39.6 Å². The van der Waals surface area contributed by atoms with E-state index in [1.54, 1.807) is 16.2 Å².